The van der Waals surface area contributed by atoms with E-state index in [1.54, 1.807) is 13.8 Å². The number of fused-ring (bicyclic) bond motifs is 7. The van der Waals surface area contributed by atoms with Gasteiger partial charge in [0.1, 0.15) is 42.7 Å². The van der Waals surface area contributed by atoms with Crippen LogP contribution in [0.4, 0.5) is 0 Å². The van der Waals surface area contributed by atoms with E-state index in [2.05, 4.69) is 26.5 Å². The molecule has 4 aliphatic carbocycles. The van der Waals surface area contributed by atoms with Crippen molar-refractivity contribution in [2.24, 2.45) is 40.4 Å². The summed E-state index contributed by atoms with van der Waals surface area (Å²) in [5.74, 6) is -7.17. The molecule has 0 amide bonds. The molecule has 0 bridgehead atoms. The minimum atomic E-state index is -2.16. The summed E-state index contributed by atoms with van der Waals surface area (Å²) in [6, 6.07) is 0. The maximum absolute atomic E-state index is 13.0. The number of esters is 4. The Bertz CT molecular complexity index is 2420. The average Bonchev–Trinajstić information content (AvgIpc) is 4.20. The van der Waals surface area contributed by atoms with Crippen molar-refractivity contribution < 1.29 is 117 Å². The molecule has 2 spiro atoms. The van der Waals surface area contributed by atoms with Crippen molar-refractivity contribution in [2.45, 2.75) is 248 Å². The number of carbonyl (C=O) groups excluding carboxylic acids is 4. The molecule has 0 radical (unpaired) electrons. The highest BCUT2D eigenvalue weighted by molar-refractivity contribution is 5.78. The van der Waals surface area contributed by atoms with E-state index in [0.29, 0.717) is 18.4 Å². The first-order chi connectivity index (χ1) is 37.5. The normalized spacial score (nSPS) is 51.5. The Morgan fingerprint density at radius 1 is 0.800 bits per heavy atom. The van der Waals surface area contributed by atoms with Crippen molar-refractivity contribution in [3.63, 3.8) is 0 Å². The minimum absolute atomic E-state index is 0.0264. The Labute approximate surface area is 464 Å². The smallest absolute Gasteiger partial charge is 0.341 e. The molecule has 6 unspecified atom stereocenters. The van der Waals surface area contributed by atoms with E-state index in [1.165, 1.54) is 13.8 Å². The predicted octanol–water partition coefficient (Wildman–Crippen LogP) is 0.864. The highest BCUT2D eigenvalue weighted by atomic mass is 16.8. The summed E-state index contributed by atoms with van der Waals surface area (Å²) in [7, 11) is 0. The molecule has 24 heteroatoms. The molecular formula is C56H82O24. The fraction of sp³-hybridized carbons (Fsp3) is 0.857. The van der Waals surface area contributed by atoms with Crippen molar-refractivity contribution in [3.8, 4) is 0 Å². The number of ether oxygens (including phenoxy) is 13. The molecule has 450 valence electrons. The fourth-order valence-electron chi connectivity index (χ4n) is 16.0. The van der Waals surface area contributed by atoms with Crippen molar-refractivity contribution in [1.82, 2.24) is 0 Å². The van der Waals surface area contributed by atoms with Gasteiger partial charge in [0.15, 0.2) is 49.4 Å². The van der Waals surface area contributed by atoms with Gasteiger partial charge in [0.25, 0.3) is 5.79 Å². The molecule has 6 saturated heterocycles. The molecule has 0 aromatic rings. The SMILES string of the molecule is C=C1CO[C@@]2(OC3CC4C5CC=C6C[C@@H](O)C[C@@H](O[C@@H]7OC[C@H](O)[C@H](O)[C@H]7O[C@@H]7O[C@@H](C)[C@H](OC(C)=O)[C@@H](OC(C)=O)[C@H]7OC(C)=O)[C@]6(C)C5CC[C@]4(C)C3[C@@H]2C)[C@@H](O)[C@H]1O[C@@H]1O[C@@H](C)C2(OC(=O)[C@H]([C@@](C)(O)CC)O2)[C@@H](O)[C@H]1O. The first-order valence-corrected chi connectivity index (χ1v) is 28.3. The van der Waals surface area contributed by atoms with Crippen LogP contribution in [-0.2, 0) is 80.8 Å². The van der Waals surface area contributed by atoms with Gasteiger partial charge in [0, 0.05) is 38.5 Å². The average molecular weight is 1140 g/mol. The highest BCUT2D eigenvalue weighted by Crippen LogP contribution is 2.71. The predicted molar refractivity (Wildman–Crippen MR) is 268 cm³/mol. The lowest BCUT2D eigenvalue weighted by Gasteiger charge is -2.60. The monoisotopic (exact) mass is 1140 g/mol. The largest absolute Gasteiger partial charge is 0.456 e. The van der Waals surface area contributed by atoms with Crippen LogP contribution in [0.5, 0.6) is 0 Å². The van der Waals surface area contributed by atoms with Crippen LogP contribution in [0.2, 0.25) is 0 Å². The van der Waals surface area contributed by atoms with E-state index in [9.17, 15) is 54.9 Å². The van der Waals surface area contributed by atoms with Gasteiger partial charge in [-0.15, -0.1) is 0 Å². The molecule has 6 heterocycles. The number of aliphatic hydroxyl groups excluding tert-OH is 6. The number of aliphatic hydroxyl groups is 7. The molecule has 24 nitrogen and oxygen atoms in total. The van der Waals surface area contributed by atoms with Gasteiger partial charge in [-0.25, -0.2) is 4.79 Å². The zero-order chi connectivity index (χ0) is 58.1. The van der Waals surface area contributed by atoms with E-state index >= 15 is 0 Å². The van der Waals surface area contributed by atoms with Crippen molar-refractivity contribution in [3.05, 3.63) is 23.8 Å². The Balaban J connectivity index is 0.856. The van der Waals surface area contributed by atoms with E-state index in [-0.39, 0.29) is 61.2 Å². The van der Waals surface area contributed by atoms with E-state index in [1.807, 2.05) is 6.92 Å². The third-order valence-electron chi connectivity index (χ3n) is 20.2. The first-order valence-electron chi connectivity index (χ1n) is 28.3. The Morgan fingerprint density at radius 3 is 2.15 bits per heavy atom. The molecule has 10 aliphatic rings. The van der Waals surface area contributed by atoms with Crippen LogP contribution >= 0.6 is 0 Å². The molecule has 10 rings (SSSR count). The second-order valence-corrected chi connectivity index (χ2v) is 25.0. The lowest BCUT2D eigenvalue weighted by atomic mass is 9.46. The second-order valence-electron chi connectivity index (χ2n) is 25.0. The summed E-state index contributed by atoms with van der Waals surface area (Å²) >= 11 is 0. The van der Waals surface area contributed by atoms with Crippen molar-refractivity contribution in [2.75, 3.05) is 13.2 Å². The number of carbonyl (C=O) groups is 4. The van der Waals surface area contributed by atoms with Gasteiger partial charge in [0.05, 0.1) is 43.2 Å². The van der Waals surface area contributed by atoms with E-state index in [4.69, 9.17) is 61.6 Å². The van der Waals surface area contributed by atoms with Gasteiger partial charge in [-0.1, -0.05) is 45.9 Å². The van der Waals surface area contributed by atoms with Gasteiger partial charge in [-0.05, 0) is 94.0 Å². The summed E-state index contributed by atoms with van der Waals surface area (Å²) in [5.41, 5.74) is -1.27. The third-order valence-corrected chi connectivity index (χ3v) is 20.2. The first kappa shape index (κ1) is 59.9. The van der Waals surface area contributed by atoms with Gasteiger partial charge in [-0.2, -0.15) is 0 Å². The summed E-state index contributed by atoms with van der Waals surface area (Å²) in [6.07, 6.45) is -19.3. The standard InChI is InChI=1S/C56H82O24/c1-12-53(10,67)47-48(66)80-56(79-47)25(5)71-49(39(63)45(56)64)76-40-22(2)20-69-55(46(40)65)23(3)37-35(78-55)19-33-31-14-13-29-17-30(60)18-36(54(29,11)32(31)15-16-52(33,37)9)75-50-42(38(62)34(61)21-68-50)77-51-44(74-28(8)59)43(73-27(7)58)41(24(4)70-51)72-26(6)57/h13,23-25,30-47,49-51,60-65,67H,2,12,14-21H2,1,3-11H3/t23-,24-,25-,30+,31?,32?,33?,34-,35?,36+,37?,38-,39+,40-,41-,42+,43+,44+,45-,46-,47+,49-,50-,51-,52-,53-,54-,55-,56?/m0/s1. The van der Waals surface area contributed by atoms with Gasteiger partial charge < -0.3 is 97.3 Å². The van der Waals surface area contributed by atoms with Crippen LogP contribution in [0.1, 0.15) is 114 Å². The van der Waals surface area contributed by atoms with Crippen LogP contribution in [0.25, 0.3) is 0 Å². The van der Waals surface area contributed by atoms with Crippen molar-refractivity contribution >= 4 is 23.9 Å². The number of hydrogen-bond donors (Lipinski definition) is 7. The minimum Gasteiger partial charge on any atom is -0.456 e. The molecule has 3 saturated carbocycles. The molecule has 0 aromatic heterocycles. The Hall–Kier alpha value is -3.28. The van der Waals surface area contributed by atoms with Crippen LogP contribution < -0.4 is 0 Å². The Kier molecular flexibility index (Phi) is 16.2. The third kappa shape index (κ3) is 9.69. The molecule has 7 N–H and O–H groups in total. The molecule has 6 aliphatic heterocycles. The topological polar surface area (TPSA) is 330 Å². The molecule has 0 aromatic carbocycles. The number of hydrogen-bond acceptors (Lipinski definition) is 24. The van der Waals surface area contributed by atoms with Crippen LogP contribution in [0, 0.1) is 40.4 Å². The Morgan fingerprint density at radius 2 is 1.48 bits per heavy atom. The molecular weight excluding hydrogens is 1060 g/mol. The van der Waals surface area contributed by atoms with Gasteiger partial charge in [-0.3, -0.25) is 14.4 Å². The lowest BCUT2D eigenvalue weighted by Crippen LogP contribution is -2.68. The van der Waals surface area contributed by atoms with Crippen molar-refractivity contribution in [1.29, 1.82) is 0 Å². The highest BCUT2D eigenvalue weighted by Gasteiger charge is 2.73. The summed E-state index contributed by atoms with van der Waals surface area (Å²) in [5, 5.41) is 80.5. The molecule has 29 atom stereocenters. The van der Waals surface area contributed by atoms with Gasteiger partial charge in [0.2, 0.25) is 5.79 Å². The maximum Gasteiger partial charge on any atom is 0.341 e. The fourth-order valence-corrected chi connectivity index (χ4v) is 16.0. The zero-order valence-electron chi connectivity index (χ0n) is 47.1. The zero-order valence-corrected chi connectivity index (χ0v) is 47.1. The van der Waals surface area contributed by atoms with E-state index < -0.39 is 163 Å². The number of rotatable bonds is 11. The van der Waals surface area contributed by atoms with E-state index in [0.717, 1.165) is 45.6 Å². The quantitative estimate of drug-likeness (QED) is 0.0857. The van der Waals surface area contributed by atoms with Crippen LogP contribution in [-0.4, -0.2) is 207 Å². The van der Waals surface area contributed by atoms with Crippen LogP contribution in [0.3, 0.4) is 0 Å². The molecule has 9 fully saturated rings. The summed E-state index contributed by atoms with van der Waals surface area (Å²) < 4.78 is 79.7. The van der Waals surface area contributed by atoms with Crippen LogP contribution in [0.15, 0.2) is 23.8 Å². The second kappa shape index (κ2) is 21.7. The summed E-state index contributed by atoms with van der Waals surface area (Å²) in [6.45, 7) is 19.7. The molecule has 80 heavy (non-hydrogen) atoms. The number of allylic oxidation sites excluding steroid dienone is 1. The summed E-state index contributed by atoms with van der Waals surface area (Å²) in [4.78, 5) is 50.1. The van der Waals surface area contributed by atoms with Gasteiger partial charge >= 0.3 is 23.9 Å². The lowest BCUT2D eigenvalue weighted by molar-refractivity contribution is -0.393. The maximum atomic E-state index is 13.0.